The normalized spacial score (nSPS) is 30.9. The van der Waals surface area contributed by atoms with Crippen LogP contribution in [0.5, 0.6) is 0 Å². The molecule has 0 bridgehead atoms. The predicted molar refractivity (Wildman–Crippen MR) is 69.3 cm³/mol. The Morgan fingerprint density at radius 1 is 1.19 bits per heavy atom. The summed E-state index contributed by atoms with van der Waals surface area (Å²) in [7, 11) is 0. The van der Waals surface area contributed by atoms with Crippen LogP contribution in [0.2, 0.25) is 0 Å². The summed E-state index contributed by atoms with van der Waals surface area (Å²) in [5.41, 5.74) is 6.36. The molecule has 2 aliphatic carbocycles. The van der Waals surface area contributed by atoms with Crippen LogP contribution in [0, 0.1) is 17.3 Å². The number of hydrogen-bond acceptors (Lipinski definition) is 2. The van der Waals surface area contributed by atoms with Crippen LogP contribution in [0.3, 0.4) is 0 Å². The van der Waals surface area contributed by atoms with Gasteiger partial charge < -0.3 is 11.1 Å². The van der Waals surface area contributed by atoms with Crippen molar-refractivity contribution in [3.8, 4) is 0 Å². The molecule has 3 N–H and O–H groups in total. The van der Waals surface area contributed by atoms with Gasteiger partial charge in [0.2, 0.25) is 0 Å². The van der Waals surface area contributed by atoms with Gasteiger partial charge in [-0.05, 0) is 62.4 Å². The van der Waals surface area contributed by atoms with Gasteiger partial charge >= 0.3 is 0 Å². The summed E-state index contributed by atoms with van der Waals surface area (Å²) in [5.74, 6) is 1.74. The topological polar surface area (TPSA) is 38.0 Å². The fourth-order valence-corrected chi connectivity index (χ4v) is 3.24. The van der Waals surface area contributed by atoms with E-state index in [0.29, 0.717) is 11.5 Å². The molecule has 2 saturated carbocycles. The third kappa shape index (κ3) is 2.98. The first kappa shape index (κ1) is 12.4. The Hall–Kier alpha value is -0.0800. The maximum absolute atomic E-state index is 5.80. The largest absolute Gasteiger partial charge is 0.330 e. The van der Waals surface area contributed by atoms with Crippen LogP contribution in [-0.4, -0.2) is 19.1 Å². The lowest BCUT2D eigenvalue weighted by molar-refractivity contribution is 0.267. The Balaban J connectivity index is 1.67. The third-order valence-corrected chi connectivity index (χ3v) is 4.82. The molecule has 94 valence electrons. The molecule has 0 aromatic heterocycles. The maximum atomic E-state index is 5.80. The number of hydrogen-bond donors (Lipinski definition) is 2. The summed E-state index contributed by atoms with van der Waals surface area (Å²) in [5, 5.41) is 3.74. The van der Waals surface area contributed by atoms with Crippen LogP contribution in [0.25, 0.3) is 0 Å². The molecule has 16 heavy (non-hydrogen) atoms. The lowest BCUT2D eigenvalue weighted by Gasteiger charge is -2.27. The van der Waals surface area contributed by atoms with Gasteiger partial charge in [-0.2, -0.15) is 0 Å². The van der Waals surface area contributed by atoms with Crippen molar-refractivity contribution in [1.82, 2.24) is 5.32 Å². The fourth-order valence-electron chi connectivity index (χ4n) is 3.24. The van der Waals surface area contributed by atoms with Crippen molar-refractivity contribution in [2.24, 2.45) is 23.0 Å². The van der Waals surface area contributed by atoms with Crippen molar-refractivity contribution in [2.75, 3.05) is 13.1 Å². The van der Waals surface area contributed by atoms with Crippen molar-refractivity contribution in [3.63, 3.8) is 0 Å². The van der Waals surface area contributed by atoms with Crippen molar-refractivity contribution < 1.29 is 0 Å². The molecule has 2 fully saturated rings. The van der Waals surface area contributed by atoms with E-state index in [9.17, 15) is 0 Å². The highest BCUT2D eigenvalue weighted by atomic mass is 14.9. The summed E-state index contributed by atoms with van der Waals surface area (Å²) in [6.07, 6.45) is 8.28. The Morgan fingerprint density at radius 3 is 2.56 bits per heavy atom. The first-order valence-corrected chi connectivity index (χ1v) is 7.07. The summed E-state index contributed by atoms with van der Waals surface area (Å²) in [6, 6.07) is 0.708. The smallest absolute Gasteiger partial charge is 0.0107 e. The molecule has 0 radical (unpaired) electrons. The van der Waals surface area contributed by atoms with Crippen LogP contribution in [-0.2, 0) is 0 Å². The number of nitrogens with one attached hydrogen (secondary N) is 1. The van der Waals surface area contributed by atoms with E-state index >= 15 is 0 Å². The molecule has 0 aromatic carbocycles. The molecule has 2 rings (SSSR count). The zero-order valence-electron chi connectivity index (χ0n) is 11.0. The van der Waals surface area contributed by atoms with Crippen molar-refractivity contribution in [2.45, 2.75) is 58.4 Å². The predicted octanol–water partition coefficient (Wildman–Crippen LogP) is 2.53. The monoisotopic (exact) mass is 224 g/mol. The standard InChI is InChI=1S/C14H28N2/c1-14(2,12-6-7-12)8-9-16-13-5-3-4-11(13)10-15/h11-13,16H,3-10,15H2,1-2H3. The minimum Gasteiger partial charge on any atom is -0.330 e. The molecule has 0 aromatic rings. The van der Waals surface area contributed by atoms with E-state index in [0.717, 1.165) is 18.4 Å². The molecular weight excluding hydrogens is 196 g/mol. The third-order valence-electron chi connectivity index (χ3n) is 4.82. The lowest BCUT2D eigenvalue weighted by atomic mass is 9.84. The average molecular weight is 224 g/mol. The Bertz CT molecular complexity index is 221. The van der Waals surface area contributed by atoms with Gasteiger partial charge in [-0.3, -0.25) is 0 Å². The minimum absolute atomic E-state index is 0.559. The van der Waals surface area contributed by atoms with Gasteiger partial charge in [0.15, 0.2) is 0 Å². The van der Waals surface area contributed by atoms with E-state index in [1.54, 1.807) is 0 Å². The van der Waals surface area contributed by atoms with E-state index < -0.39 is 0 Å². The molecule has 2 aliphatic rings. The van der Waals surface area contributed by atoms with Gasteiger partial charge in [-0.1, -0.05) is 20.3 Å². The minimum atomic E-state index is 0.559. The second-order valence-corrected chi connectivity index (χ2v) is 6.50. The van der Waals surface area contributed by atoms with Crippen molar-refractivity contribution in [3.05, 3.63) is 0 Å². The van der Waals surface area contributed by atoms with Crippen molar-refractivity contribution >= 4 is 0 Å². The van der Waals surface area contributed by atoms with Crippen molar-refractivity contribution in [1.29, 1.82) is 0 Å². The lowest BCUT2D eigenvalue weighted by Crippen LogP contribution is -2.37. The second kappa shape index (κ2) is 5.05. The quantitative estimate of drug-likeness (QED) is 0.727. The van der Waals surface area contributed by atoms with Gasteiger partial charge in [-0.25, -0.2) is 0 Å². The van der Waals surface area contributed by atoms with E-state index in [1.807, 2.05) is 0 Å². The highest BCUT2D eigenvalue weighted by molar-refractivity contribution is 4.89. The Kier molecular flexibility index (Phi) is 3.91. The summed E-state index contributed by atoms with van der Waals surface area (Å²) >= 11 is 0. The Labute approximate surface area is 100 Å². The Morgan fingerprint density at radius 2 is 1.94 bits per heavy atom. The van der Waals surface area contributed by atoms with E-state index in [-0.39, 0.29) is 0 Å². The molecule has 0 aliphatic heterocycles. The first-order valence-electron chi connectivity index (χ1n) is 7.07. The van der Waals surface area contributed by atoms with Gasteiger partial charge in [0, 0.05) is 6.04 Å². The summed E-state index contributed by atoms with van der Waals surface area (Å²) < 4.78 is 0. The fraction of sp³-hybridized carbons (Fsp3) is 1.00. The van der Waals surface area contributed by atoms with E-state index in [4.69, 9.17) is 5.73 Å². The van der Waals surface area contributed by atoms with Crippen LogP contribution >= 0.6 is 0 Å². The van der Waals surface area contributed by atoms with Gasteiger partial charge in [-0.15, -0.1) is 0 Å². The number of nitrogens with two attached hydrogens (primary N) is 1. The molecule has 2 nitrogen and oxygen atoms in total. The van der Waals surface area contributed by atoms with Crippen LogP contribution in [0.4, 0.5) is 0 Å². The van der Waals surface area contributed by atoms with Gasteiger partial charge in [0.25, 0.3) is 0 Å². The van der Waals surface area contributed by atoms with Gasteiger partial charge in [0.1, 0.15) is 0 Å². The van der Waals surface area contributed by atoms with Gasteiger partial charge in [0.05, 0.1) is 0 Å². The SMILES string of the molecule is CC(C)(CCNC1CCCC1CN)C1CC1. The molecule has 2 unspecified atom stereocenters. The second-order valence-electron chi connectivity index (χ2n) is 6.50. The molecule has 2 atom stereocenters. The zero-order valence-corrected chi connectivity index (χ0v) is 11.0. The molecule has 0 saturated heterocycles. The molecule has 0 heterocycles. The first-order chi connectivity index (χ1) is 7.63. The van der Waals surface area contributed by atoms with E-state index in [1.165, 1.54) is 45.1 Å². The molecular formula is C14H28N2. The molecule has 2 heteroatoms. The molecule has 0 spiro atoms. The zero-order chi connectivity index (χ0) is 11.6. The van der Waals surface area contributed by atoms with Crippen LogP contribution in [0.1, 0.15) is 52.4 Å². The average Bonchev–Trinajstić information content (AvgIpc) is 3.01. The van der Waals surface area contributed by atoms with E-state index in [2.05, 4.69) is 19.2 Å². The highest BCUT2D eigenvalue weighted by Crippen LogP contribution is 2.47. The summed E-state index contributed by atoms with van der Waals surface area (Å²) in [4.78, 5) is 0. The van der Waals surface area contributed by atoms with Crippen LogP contribution in [0.15, 0.2) is 0 Å². The molecule has 0 amide bonds. The maximum Gasteiger partial charge on any atom is 0.0107 e. The number of rotatable bonds is 6. The van der Waals surface area contributed by atoms with Crippen LogP contribution < -0.4 is 11.1 Å². The highest BCUT2D eigenvalue weighted by Gasteiger charge is 2.37. The summed E-state index contributed by atoms with van der Waals surface area (Å²) in [6.45, 7) is 6.91.